The summed E-state index contributed by atoms with van der Waals surface area (Å²) in [5, 5.41) is 10.8. The molecule has 0 atom stereocenters. The summed E-state index contributed by atoms with van der Waals surface area (Å²) in [6, 6.07) is 15.5. The van der Waals surface area contributed by atoms with E-state index < -0.39 is 10.9 Å². The number of aliphatic imine (C=N–C) groups is 1. The van der Waals surface area contributed by atoms with Crippen LogP contribution < -0.4 is 0 Å². The van der Waals surface area contributed by atoms with Gasteiger partial charge < -0.3 is 4.74 Å². The average molecular weight is 320 g/mol. The van der Waals surface area contributed by atoms with E-state index in [4.69, 9.17) is 4.74 Å². The number of hydrogen-bond acceptors (Lipinski definition) is 5. The molecule has 24 heavy (non-hydrogen) atoms. The number of benzene rings is 2. The van der Waals surface area contributed by atoms with Crippen LogP contribution in [0, 0.1) is 10.1 Å². The molecule has 0 saturated heterocycles. The molecule has 1 aliphatic rings. The van der Waals surface area contributed by atoms with Crippen LogP contribution in [0.25, 0.3) is 12.2 Å². The normalized spacial score (nSPS) is 15.6. The number of esters is 1. The van der Waals surface area contributed by atoms with Gasteiger partial charge in [0.05, 0.1) is 4.92 Å². The Morgan fingerprint density at radius 2 is 1.75 bits per heavy atom. The van der Waals surface area contributed by atoms with E-state index in [1.807, 2.05) is 30.3 Å². The Bertz CT molecular complexity index is 883. The van der Waals surface area contributed by atoms with Crippen LogP contribution in [0.15, 0.2) is 71.4 Å². The molecule has 0 unspecified atom stereocenters. The van der Waals surface area contributed by atoms with Crippen LogP contribution in [-0.2, 0) is 9.53 Å². The highest BCUT2D eigenvalue weighted by Gasteiger charge is 2.21. The Morgan fingerprint density at radius 3 is 2.50 bits per heavy atom. The number of nitrogens with zero attached hydrogens (tertiary/aromatic N) is 2. The van der Waals surface area contributed by atoms with Crippen LogP contribution in [0.3, 0.4) is 0 Å². The van der Waals surface area contributed by atoms with E-state index in [-0.39, 0.29) is 17.3 Å². The summed E-state index contributed by atoms with van der Waals surface area (Å²) >= 11 is 0. The summed E-state index contributed by atoms with van der Waals surface area (Å²) in [7, 11) is 0. The highest BCUT2D eigenvalue weighted by atomic mass is 16.6. The van der Waals surface area contributed by atoms with Gasteiger partial charge in [-0.25, -0.2) is 9.79 Å². The molecule has 6 nitrogen and oxygen atoms in total. The zero-order valence-electron chi connectivity index (χ0n) is 12.5. The number of nitro benzene ring substituents is 1. The van der Waals surface area contributed by atoms with Gasteiger partial charge in [0.25, 0.3) is 5.69 Å². The molecule has 118 valence electrons. The van der Waals surface area contributed by atoms with Gasteiger partial charge in [0.15, 0.2) is 5.70 Å². The maximum absolute atomic E-state index is 11.8. The van der Waals surface area contributed by atoms with Gasteiger partial charge in [0, 0.05) is 18.2 Å². The Labute approximate surface area is 137 Å². The zero-order chi connectivity index (χ0) is 16.9. The predicted molar refractivity (Wildman–Crippen MR) is 90.1 cm³/mol. The molecule has 0 aromatic heterocycles. The number of hydrogen-bond donors (Lipinski definition) is 0. The molecule has 0 fully saturated rings. The van der Waals surface area contributed by atoms with Crippen molar-refractivity contribution in [1.82, 2.24) is 0 Å². The van der Waals surface area contributed by atoms with Crippen molar-refractivity contribution in [2.45, 2.75) is 0 Å². The van der Waals surface area contributed by atoms with E-state index in [1.54, 1.807) is 24.3 Å². The molecule has 0 aliphatic carbocycles. The van der Waals surface area contributed by atoms with Crippen LogP contribution >= 0.6 is 0 Å². The minimum Gasteiger partial charge on any atom is -0.403 e. The molecule has 0 amide bonds. The molecular formula is C18H12N2O4. The maximum Gasteiger partial charge on any atom is 0.363 e. The number of carbonyl (C=O) groups excluding carboxylic acids is 1. The fourth-order valence-electron chi connectivity index (χ4n) is 2.11. The third-order valence-corrected chi connectivity index (χ3v) is 3.24. The number of carbonyl (C=O) groups is 1. The number of nitro groups is 1. The second-order valence-corrected chi connectivity index (χ2v) is 4.97. The monoisotopic (exact) mass is 320 g/mol. The summed E-state index contributed by atoms with van der Waals surface area (Å²) < 4.78 is 5.07. The van der Waals surface area contributed by atoms with Crippen LogP contribution in [-0.4, -0.2) is 16.8 Å². The van der Waals surface area contributed by atoms with Gasteiger partial charge in [0.2, 0.25) is 5.90 Å². The molecule has 3 rings (SSSR count). The summed E-state index contributed by atoms with van der Waals surface area (Å²) in [5.41, 5.74) is 1.51. The van der Waals surface area contributed by atoms with Crippen LogP contribution in [0.4, 0.5) is 5.69 Å². The van der Waals surface area contributed by atoms with E-state index in [9.17, 15) is 14.9 Å². The summed E-state index contributed by atoms with van der Waals surface area (Å²) in [5.74, 6) is -0.408. The lowest BCUT2D eigenvalue weighted by molar-refractivity contribution is -0.384. The van der Waals surface area contributed by atoms with Gasteiger partial charge in [-0.05, 0) is 23.3 Å². The van der Waals surface area contributed by atoms with E-state index >= 15 is 0 Å². The highest BCUT2D eigenvalue weighted by Crippen LogP contribution is 2.19. The first-order chi connectivity index (χ1) is 11.6. The molecule has 0 bridgehead atoms. The minimum atomic E-state index is -0.589. The van der Waals surface area contributed by atoms with E-state index in [1.165, 1.54) is 18.2 Å². The molecule has 0 saturated carbocycles. The lowest BCUT2D eigenvalue weighted by atomic mass is 10.2. The van der Waals surface area contributed by atoms with Crippen molar-refractivity contribution < 1.29 is 14.5 Å². The van der Waals surface area contributed by atoms with Gasteiger partial charge >= 0.3 is 5.97 Å². The van der Waals surface area contributed by atoms with Crippen LogP contribution in [0.1, 0.15) is 11.1 Å². The van der Waals surface area contributed by atoms with Crippen molar-refractivity contribution in [2.24, 2.45) is 4.99 Å². The van der Waals surface area contributed by atoms with Gasteiger partial charge in [0.1, 0.15) is 0 Å². The van der Waals surface area contributed by atoms with Crippen LogP contribution in [0.5, 0.6) is 0 Å². The van der Waals surface area contributed by atoms with Crippen molar-refractivity contribution in [2.75, 3.05) is 0 Å². The molecule has 0 radical (unpaired) electrons. The van der Waals surface area contributed by atoms with Gasteiger partial charge in [-0.1, -0.05) is 42.5 Å². The van der Waals surface area contributed by atoms with E-state index in [0.717, 1.165) is 5.56 Å². The first-order valence-corrected chi connectivity index (χ1v) is 7.12. The van der Waals surface area contributed by atoms with Crippen molar-refractivity contribution in [3.8, 4) is 0 Å². The Hall–Kier alpha value is -3.54. The predicted octanol–water partition coefficient (Wildman–Crippen LogP) is 3.60. The number of non-ortho nitro benzene ring substituents is 1. The van der Waals surface area contributed by atoms with Crippen LogP contribution in [0.2, 0.25) is 0 Å². The summed E-state index contributed by atoms with van der Waals surface area (Å²) in [6.45, 7) is 0. The summed E-state index contributed by atoms with van der Waals surface area (Å²) in [4.78, 5) is 26.2. The number of rotatable bonds is 4. The Balaban J connectivity index is 1.82. The first kappa shape index (κ1) is 15.4. The number of cyclic esters (lactones) is 1. The Kier molecular flexibility index (Phi) is 4.29. The van der Waals surface area contributed by atoms with Crippen molar-refractivity contribution in [1.29, 1.82) is 0 Å². The second-order valence-electron chi connectivity index (χ2n) is 4.97. The molecule has 2 aromatic carbocycles. The van der Waals surface area contributed by atoms with Gasteiger partial charge in [-0.3, -0.25) is 10.1 Å². The largest absolute Gasteiger partial charge is 0.403 e. The second kappa shape index (κ2) is 6.70. The molecular weight excluding hydrogens is 308 g/mol. The third kappa shape index (κ3) is 3.61. The fraction of sp³-hybridized carbons (Fsp3) is 0. The SMILES string of the molecule is O=C1OC(/C=C/c2ccccc2)=NC/1=C/c1cccc([N+](=O)[O-])c1. The highest BCUT2D eigenvalue weighted by molar-refractivity contribution is 6.11. The van der Waals surface area contributed by atoms with Crippen molar-refractivity contribution in [3.63, 3.8) is 0 Å². The smallest absolute Gasteiger partial charge is 0.363 e. The van der Waals surface area contributed by atoms with E-state index in [0.29, 0.717) is 5.56 Å². The lowest BCUT2D eigenvalue weighted by Gasteiger charge is -1.95. The molecule has 1 aliphatic heterocycles. The van der Waals surface area contributed by atoms with Crippen molar-refractivity contribution >= 4 is 29.7 Å². The lowest BCUT2D eigenvalue weighted by Crippen LogP contribution is -2.01. The molecule has 0 N–H and O–H groups in total. The van der Waals surface area contributed by atoms with Gasteiger partial charge in [-0.15, -0.1) is 0 Å². The zero-order valence-corrected chi connectivity index (χ0v) is 12.5. The topological polar surface area (TPSA) is 81.8 Å². The molecule has 6 heteroatoms. The maximum atomic E-state index is 11.8. The molecule has 0 spiro atoms. The third-order valence-electron chi connectivity index (χ3n) is 3.24. The quantitative estimate of drug-likeness (QED) is 0.373. The van der Waals surface area contributed by atoms with E-state index in [2.05, 4.69) is 4.99 Å². The Morgan fingerprint density at radius 1 is 1.00 bits per heavy atom. The summed E-state index contributed by atoms with van der Waals surface area (Å²) in [6.07, 6.45) is 4.84. The fourth-order valence-corrected chi connectivity index (χ4v) is 2.11. The first-order valence-electron chi connectivity index (χ1n) is 7.12. The molecule has 1 heterocycles. The van der Waals surface area contributed by atoms with Crippen molar-refractivity contribution in [3.05, 3.63) is 87.6 Å². The minimum absolute atomic E-state index is 0.0520. The standard InChI is InChI=1S/C18H12N2O4/c21-18-16(12-14-7-4-8-15(11-14)20(22)23)19-17(24-18)10-9-13-5-2-1-3-6-13/h1-12H/b10-9+,16-12+. The molecule has 2 aromatic rings. The van der Waals surface area contributed by atoms with Gasteiger partial charge in [-0.2, -0.15) is 0 Å². The average Bonchev–Trinajstić information content (AvgIpc) is 2.94. The number of ether oxygens (including phenoxy) is 1.